The third-order valence-electron chi connectivity index (χ3n) is 4.69. The van der Waals surface area contributed by atoms with E-state index in [0.29, 0.717) is 36.7 Å². The highest BCUT2D eigenvalue weighted by molar-refractivity contribution is 5.91. The molecule has 28 heavy (non-hydrogen) atoms. The summed E-state index contributed by atoms with van der Waals surface area (Å²) in [6.07, 6.45) is 3.49. The number of nitrogens with one attached hydrogen (secondary N) is 1. The molecule has 1 aliphatic rings. The molecule has 3 heterocycles. The quantitative estimate of drug-likeness (QED) is 0.727. The second-order valence-corrected chi connectivity index (χ2v) is 6.61. The van der Waals surface area contributed by atoms with Crippen LogP contribution in [0.4, 0.5) is 5.69 Å². The number of nitrogens with zero attached hydrogens (tertiary/aromatic N) is 3. The molecular weight excluding hydrogens is 360 g/mol. The summed E-state index contributed by atoms with van der Waals surface area (Å²) >= 11 is 0. The highest BCUT2D eigenvalue weighted by Gasteiger charge is 2.30. The Morgan fingerprint density at radius 2 is 2.11 bits per heavy atom. The largest absolute Gasteiger partial charge is 0.377 e. The van der Waals surface area contributed by atoms with Crippen molar-refractivity contribution in [1.29, 1.82) is 0 Å². The molecule has 1 atom stereocenters. The molecule has 0 aliphatic carbocycles. The predicted molar refractivity (Wildman–Crippen MR) is 102 cm³/mol. The third kappa shape index (κ3) is 4.01. The lowest BCUT2D eigenvalue weighted by atomic mass is 10.1. The summed E-state index contributed by atoms with van der Waals surface area (Å²) in [4.78, 5) is 31.0. The van der Waals surface area contributed by atoms with Crippen LogP contribution < -0.4 is 5.32 Å². The molecule has 3 aromatic rings. The summed E-state index contributed by atoms with van der Waals surface area (Å²) in [6.45, 7) is 1.22. The van der Waals surface area contributed by atoms with Gasteiger partial charge < -0.3 is 19.5 Å². The number of fused-ring (bicyclic) bond motifs is 1. The normalized spacial score (nSPS) is 16.9. The first-order valence-electron chi connectivity index (χ1n) is 9.11. The first-order valence-corrected chi connectivity index (χ1v) is 9.11. The maximum Gasteiger partial charge on any atom is 0.229 e. The molecule has 4 rings (SSSR count). The van der Waals surface area contributed by atoms with Gasteiger partial charge in [-0.1, -0.05) is 17.3 Å². The molecule has 8 heteroatoms. The van der Waals surface area contributed by atoms with E-state index in [1.54, 1.807) is 29.4 Å². The Kier molecular flexibility index (Phi) is 5.29. The van der Waals surface area contributed by atoms with Gasteiger partial charge in [0.2, 0.25) is 11.8 Å². The second-order valence-electron chi connectivity index (χ2n) is 6.61. The number of hydrogen-bond acceptors (Lipinski definition) is 6. The molecular formula is C20H20N4O4. The molecule has 0 unspecified atom stereocenters. The minimum absolute atomic E-state index is 0.0958. The molecule has 0 radical (unpaired) electrons. The van der Waals surface area contributed by atoms with Gasteiger partial charge in [-0.3, -0.25) is 14.6 Å². The van der Waals surface area contributed by atoms with Gasteiger partial charge in [0, 0.05) is 24.5 Å². The molecule has 2 amide bonds. The highest BCUT2D eigenvalue weighted by atomic mass is 16.5. The van der Waals surface area contributed by atoms with Gasteiger partial charge in [0.25, 0.3) is 0 Å². The van der Waals surface area contributed by atoms with Crippen LogP contribution in [0.5, 0.6) is 0 Å². The molecule has 8 nitrogen and oxygen atoms in total. The van der Waals surface area contributed by atoms with Gasteiger partial charge in [-0.25, -0.2) is 0 Å². The second kappa shape index (κ2) is 8.18. The number of carbonyl (C=O) groups is 2. The fourth-order valence-electron chi connectivity index (χ4n) is 3.33. The van der Waals surface area contributed by atoms with Crippen molar-refractivity contribution in [3.8, 4) is 0 Å². The summed E-state index contributed by atoms with van der Waals surface area (Å²) in [6, 6.07) is 10.6. The third-order valence-corrected chi connectivity index (χ3v) is 4.69. The van der Waals surface area contributed by atoms with Gasteiger partial charge in [-0.2, -0.15) is 0 Å². The van der Waals surface area contributed by atoms with Crippen molar-refractivity contribution in [2.24, 2.45) is 0 Å². The fraction of sp³-hybridized carbons (Fsp3) is 0.300. The number of ether oxygens (including phenoxy) is 1. The van der Waals surface area contributed by atoms with Gasteiger partial charge in [-0.15, -0.1) is 0 Å². The van der Waals surface area contributed by atoms with Crippen LogP contribution in [0.2, 0.25) is 0 Å². The summed E-state index contributed by atoms with van der Waals surface area (Å²) < 4.78 is 10.8. The van der Waals surface area contributed by atoms with Crippen molar-refractivity contribution >= 4 is 28.5 Å². The lowest BCUT2D eigenvalue weighted by Crippen LogP contribution is -2.50. The molecule has 1 aliphatic heterocycles. The Hall–Kier alpha value is -3.26. The smallest absolute Gasteiger partial charge is 0.229 e. The molecule has 2 aromatic heterocycles. The van der Waals surface area contributed by atoms with E-state index < -0.39 is 0 Å². The molecule has 1 N–H and O–H groups in total. The average Bonchev–Trinajstić information content (AvgIpc) is 3.12. The summed E-state index contributed by atoms with van der Waals surface area (Å²) in [5.41, 5.74) is 1.88. The van der Waals surface area contributed by atoms with E-state index in [1.807, 2.05) is 24.3 Å². The maximum absolute atomic E-state index is 12.9. The zero-order chi connectivity index (χ0) is 19.3. The number of anilines is 1. The van der Waals surface area contributed by atoms with E-state index in [9.17, 15) is 9.59 Å². The topological polar surface area (TPSA) is 97.6 Å². The van der Waals surface area contributed by atoms with Gasteiger partial charge in [0.15, 0.2) is 5.58 Å². The van der Waals surface area contributed by atoms with Gasteiger partial charge in [0.1, 0.15) is 5.69 Å². The average molecular weight is 380 g/mol. The first-order chi connectivity index (χ1) is 13.7. The number of rotatable bonds is 5. The van der Waals surface area contributed by atoms with Crippen LogP contribution in [0.1, 0.15) is 12.1 Å². The number of carbonyl (C=O) groups excluding carboxylic acids is 2. The number of amides is 2. The molecule has 0 bridgehead atoms. The zero-order valence-electron chi connectivity index (χ0n) is 15.2. The SMILES string of the molecule is O=C(C[C@H]1COCCN1C(=O)Cc1noc2ccccc12)Nc1cccnc1. The van der Waals surface area contributed by atoms with Crippen LogP contribution >= 0.6 is 0 Å². The number of pyridine rings is 1. The Morgan fingerprint density at radius 1 is 1.21 bits per heavy atom. The number of aromatic nitrogens is 2. The number of morpholine rings is 1. The van der Waals surface area contributed by atoms with Gasteiger partial charge in [-0.05, 0) is 24.3 Å². The van der Waals surface area contributed by atoms with Crippen LogP contribution in [0, 0.1) is 0 Å². The fourth-order valence-corrected chi connectivity index (χ4v) is 3.33. The molecule has 1 saturated heterocycles. The van der Waals surface area contributed by atoms with E-state index in [0.717, 1.165) is 5.39 Å². The standard InChI is InChI=1S/C20H20N4O4/c25-19(22-14-4-3-7-21-12-14)10-15-13-27-9-8-24(15)20(26)11-17-16-5-1-2-6-18(16)28-23-17/h1-7,12,15H,8-11,13H2,(H,22,25)/t15-/m0/s1. The summed E-state index contributed by atoms with van der Waals surface area (Å²) in [5.74, 6) is -0.283. The van der Waals surface area contributed by atoms with E-state index in [1.165, 1.54) is 0 Å². The van der Waals surface area contributed by atoms with Crippen LogP contribution in [-0.4, -0.2) is 52.7 Å². The Balaban J connectivity index is 1.42. The van der Waals surface area contributed by atoms with Crippen molar-refractivity contribution in [2.75, 3.05) is 25.1 Å². The highest BCUT2D eigenvalue weighted by Crippen LogP contribution is 2.20. The minimum Gasteiger partial charge on any atom is -0.377 e. The lowest BCUT2D eigenvalue weighted by molar-refractivity contribution is -0.140. The Labute approximate surface area is 161 Å². The molecule has 1 aromatic carbocycles. The molecule has 1 fully saturated rings. The van der Waals surface area contributed by atoms with Crippen LogP contribution in [0.25, 0.3) is 11.0 Å². The van der Waals surface area contributed by atoms with Crippen molar-refractivity contribution < 1.29 is 18.8 Å². The minimum atomic E-state index is -0.323. The van der Waals surface area contributed by atoms with Crippen molar-refractivity contribution in [3.05, 3.63) is 54.5 Å². The zero-order valence-corrected chi connectivity index (χ0v) is 15.2. The van der Waals surface area contributed by atoms with E-state index in [4.69, 9.17) is 9.26 Å². The molecule has 144 valence electrons. The molecule has 0 spiro atoms. The maximum atomic E-state index is 12.9. The van der Waals surface area contributed by atoms with Crippen molar-refractivity contribution in [1.82, 2.24) is 15.0 Å². The number of para-hydroxylation sites is 1. The van der Waals surface area contributed by atoms with Crippen LogP contribution in [0.15, 0.2) is 53.3 Å². The predicted octanol–water partition coefficient (Wildman–Crippen LogP) is 2.02. The van der Waals surface area contributed by atoms with Crippen LogP contribution in [-0.2, 0) is 20.7 Å². The van der Waals surface area contributed by atoms with Crippen molar-refractivity contribution in [2.45, 2.75) is 18.9 Å². The summed E-state index contributed by atoms with van der Waals surface area (Å²) in [7, 11) is 0. The van der Waals surface area contributed by atoms with E-state index in [-0.39, 0.29) is 30.7 Å². The first kappa shape index (κ1) is 18.1. The van der Waals surface area contributed by atoms with Gasteiger partial charge in [0.05, 0.1) is 37.6 Å². The summed E-state index contributed by atoms with van der Waals surface area (Å²) in [5, 5.41) is 7.66. The van der Waals surface area contributed by atoms with Crippen LogP contribution in [0.3, 0.4) is 0 Å². The monoisotopic (exact) mass is 380 g/mol. The van der Waals surface area contributed by atoms with E-state index in [2.05, 4.69) is 15.5 Å². The molecule has 0 saturated carbocycles. The van der Waals surface area contributed by atoms with Gasteiger partial charge >= 0.3 is 0 Å². The number of benzene rings is 1. The van der Waals surface area contributed by atoms with Crippen molar-refractivity contribution in [3.63, 3.8) is 0 Å². The Morgan fingerprint density at radius 3 is 2.96 bits per heavy atom. The lowest BCUT2D eigenvalue weighted by Gasteiger charge is -2.35. The number of hydrogen-bond donors (Lipinski definition) is 1. The van der Waals surface area contributed by atoms with E-state index >= 15 is 0 Å². The Bertz CT molecular complexity index is 973.